The number of alkyl halides is 1. The van der Waals surface area contributed by atoms with Crippen molar-refractivity contribution in [3.8, 4) is 0 Å². The molecule has 3 N–H and O–H groups in total. The molecule has 166 valence electrons. The van der Waals surface area contributed by atoms with Crippen molar-refractivity contribution in [3.05, 3.63) is 64.7 Å². The van der Waals surface area contributed by atoms with E-state index in [1.807, 2.05) is 0 Å². The van der Waals surface area contributed by atoms with E-state index in [1.54, 1.807) is 24.3 Å². The minimum absolute atomic E-state index is 0.0380. The second-order valence-electron chi connectivity index (χ2n) is 7.61. The lowest BCUT2D eigenvalue weighted by atomic mass is 10.1. The Hall–Kier alpha value is -3.33. The number of likely N-dealkylation sites (tertiary alicyclic amines) is 1. The highest BCUT2D eigenvalue weighted by Gasteiger charge is 2.39. The molecule has 1 aliphatic heterocycles. The van der Waals surface area contributed by atoms with Gasteiger partial charge < -0.3 is 16.0 Å². The van der Waals surface area contributed by atoms with E-state index in [4.69, 9.17) is 17.3 Å². The number of carbonyl (C=O) groups excluding carboxylic acids is 2. The molecule has 1 fully saturated rings. The number of halogens is 3. The zero-order valence-corrected chi connectivity index (χ0v) is 17.6. The van der Waals surface area contributed by atoms with Crippen molar-refractivity contribution in [1.82, 2.24) is 20.2 Å². The van der Waals surface area contributed by atoms with Crippen LogP contribution in [0.5, 0.6) is 0 Å². The second kappa shape index (κ2) is 9.04. The predicted molar refractivity (Wildman–Crippen MR) is 116 cm³/mol. The third kappa shape index (κ3) is 4.47. The summed E-state index contributed by atoms with van der Waals surface area (Å²) in [4.78, 5) is 34.9. The van der Waals surface area contributed by atoms with Crippen LogP contribution in [-0.4, -0.2) is 45.4 Å². The first kappa shape index (κ1) is 21.9. The Morgan fingerprint density at radius 2 is 2.06 bits per heavy atom. The number of nitrogens with zero attached hydrogens (tertiary/aromatic N) is 3. The van der Waals surface area contributed by atoms with E-state index in [-0.39, 0.29) is 36.5 Å². The van der Waals surface area contributed by atoms with E-state index in [1.165, 1.54) is 23.4 Å². The lowest BCUT2D eigenvalue weighted by Crippen LogP contribution is -2.46. The quantitative estimate of drug-likeness (QED) is 0.611. The highest BCUT2D eigenvalue weighted by Crippen LogP contribution is 2.24. The number of hydrogen-bond donors (Lipinski definition) is 2. The molecule has 10 heteroatoms. The number of nitrogen functional groups attached to an aromatic ring is 1. The Kier molecular flexibility index (Phi) is 6.18. The van der Waals surface area contributed by atoms with Gasteiger partial charge in [0.2, 0.25) is 11.8 Å². The average molecular weight is 460 g/mol. The molecule has 0 bridgehead atoms. The van der Waals surface area contributed by atoms with Gasteiger partial charge in [-0.2, -0.15) is 0 Å². The van der Waals surface area contributed by atoms with Gasteiger partial charge >= 0.3 is 0 Å². The maximum atomic E-state index is 14.1. The van der Waals surface area contributed by atoms with Crippen LogP contribution in [0.4, 0.5) is 14.6 Å². The van der Waals surface area contributed by atoms with Crippen LogP contribution >= 0.6 is 11.6 Å². The van der Waals surface area contributed by atoms with Crippen molar-refractivity contribution in [2.45, 2.75) is 31.6 Å². The van der Waals surface area contributed by atoms with Gasteiger partial charge in [0, 0.05) is 23.9 Å². The van der Waals surface area contributed by atoms with Crippen molar-refractivity contribution in [3.63, 3.8) is 0 Å². The highest BCUT2D eigenvalue weighted by molar-refractivity contribution is 6.30. The summed E-state index contributed by atoms with van der Waals surface area (Å²) in [5.41, 5.74) is 7.37. The number of benzene rings is 2. The SMILES string of the molecule is Nc1ncnc2ccc(CC(=O)N3C[C@H](F)C[C@H]3C(=O)NCc3cccc(Cl)c3F)cc12. The summed E-state index contributed by atoms with van der Waals surface area (Å²) in [7, 11) is 0. The molecular weight excluding hydrogens is 440 g/mol. The molecule has 3 aromatic rings. The van der Waals surface area contributed by atoms with Gasteiger partial charge in [0.25, 0.3) is 0 Å². The number of aromatic nitrogens is 2. The van der Waals surface area contributed by atoms with E-state index < -0.39 is 29.8 Å². The summed E-state index contributed by atoms with van der Waals surface area (Å²) in [5, 5.41) is 3.13. The maximum Gasteiger partial charge on any atom is 0.243 e. The van der Waals surface area contributed by atoms with E-state index in [0.29, 0.717) is 22.3 Å². The normalized spacial score (nSPS) is 18.2. The number of nitrogens with two attached hydrogens (primary N) is 1. The molecule has 0 saturated carbocycles. The van der Waals surface area contributed by atoms with E-state index >= 15 is 0 Å². The smallest absolute Gasteiger partial charge is 0.243 e. The highest BCUT2D eigenvalue weighted by atomic mass is 35.5. The van der Waals surface area contributed by atoms with Gasteiger partial charge in [0.1, 0.15) is 30.2 Å². The van der Waals surface area contributed by atoms with E-state index in [2.05, 4.69) is 15.3 Å². The topological polar surface area (TPSA) is 101 Å². The van der Waals surface area contributed by atoms with Crippen LogP contribution in [0.1, 0.15) is 17.5 Å². The molecule has 1 aromatic heterocycles. The Bertz CT molecular complexity index is 1190. The Labute approximate surface area is 187 Å². The molecule has 1 aliphatic rings. The second-order valence-corrected chi connectivity index (χ2v) is 8.02. The van der Waals surface area contributed by atoms with Crippen LogP contribution in [0.15, 0.2) is 42.7 Å². The molecule has 0 radical (unpaired) electrons. The number of amides is 2. The molecule has 2 atom stereocenters. The van der Waals surface area contributed by atoms with Crippen LogP contribution in [0, 0.1) is 5.82 Å². The third-order valence-corrected chi connectivity index (χ3v) is 5.74. The van der Waals surface area contributed by atoms with Gasteiger partial charge in [-0.15, -0.1) is 0 Å². The Morgan fingerprint density at radius 3 is 2.88 bits per heavy atom. The molecule has 0 spiro atoms. The Balaban J connectivity index is 1.46. The molecule has 2 aromatic carbocycles. The third-order valence-electron chi connectivity index (χ3n) is 5.44. The fourth-order valence-corrected chi connectivity index (χ4v) is 4.00. The summed E-state index contributed by atoms with van der Waals surface area (Å²) in [5.74, 6) is -1.28. The van der Waals surface area contributed by atoms with Crippen LogP contribution in [0.3, 0.4) is 0 Å². The molecule has 0 unspecified atom stereocenters. The van der Waals surface area contributed by atoms with Crippen LogP contribution in [0.25, 0.3) is 10.9 Å². The largest absolute Gasteiger partial charge is 0.383 e. The van der Waals surface area contributed by atoms with Crippen molar-refractivity contribution in [2.75, 3.05) is 12.3 Å². The summed E-state index contributed by atoms with van der Waals surface area (Å²) in [6.45, 7) is -0.300. The Morgan fingerprint density at radius 1 is 1.25 bits per heavy atom. The van der Waals surface area contributed by atoms with Crippen LogP contribution in [0.2, 0.25) is 5.02 Å². The van der Waals surface area contributed by atoms with Gasteiger partial charge in [-0.05, 0) is 23.8 Å². The lowest BCUT2D eigenvalue weighted by molar-refractivity contribution is -0.138. The van der Waals surface area contributed by atoms with Gasteiger partial charge in [-0.1, -0.05) is 29.8 Å². The first-order chi connectivity index (χ1) is 15.3. The lowest BCUT2D eigenvalue weighted by Gasteiger charge is -2.24. The summed E-state index contributed by atoms with van der Waals surface area (Å²) >= 11 is 5.76. The molecule has 4 rings (SSSR count). The van der Waals surface area contributed by atoms with E-state index in [9.17, 15) is 18.4 Å². The zero-order chi connectivity index (χ0) is 22.8. The number of hydrogen-bond acceptors (Lipinski definition) is 5. The van der Waals surface area contributed by atoms with Crippen molar-refractivity contribution in [1.29, 1.82) is 0 Å². The molecule has 32 heavy (non-hydrogen) atoms. The minimum Gasteiger partial charge on any atom is -0.383 e. The fourth-order valence-electron chi connectivity index (χ4n) is 3.80. The molecule has 7 nitrogen and oxygen atoms in total. The zero-order valence-electron chi connectivity index (χ0n) is 16.9. The van der Waals surface area contributed by atoms with E-state index in [0.717, 1.165) is 0 Å². The standard InChI is InChI=1S/C22H20ClF2N5O2/c23-16-3-1-2-13(20(16)25)9-27-22(32)18-8-14(24)10-30(18)19(31)7-12-4-5-17-15(6-12)21(26)29-11-28-17/h1-6,11,14,18H,7-10H2,(H,27,32)(H2,26,28,29)/t14-,18+/m1/s1. The summed E-state index contributed by atoms with van der Waals surface area (Å²) in [6.07, 6.45) is -0.122. The van der Waals surface area contributed by atoms with Gasteiger partial charge in [-0.25, -0.2) is 18.7 Å². The van der Waals surface area contributed by atoms with Crippen molar-refractivity contribution in [2.24, 2.45) is 0 Å². The fraction of sp³-hybridized carbons (Fsp3) is 0.273. The summed E-state index contributed by atoms with van der Waals surface area (Å²) < 4.78 is 28.2. The van der Waals surface area contributed by atoms with Crippen LogP contribution in [-0.2, 0) is 22.6 Å². The van der Waals surface area contributed by atoms with Gasteiger partial charge in [0.15, 0.2) is 0 Å². The maximum absolute atomic E-state index is 14.1. The number of rotatable bonds is 5. The molecule has 0 aliphatic carbocycles. The first-order valence-corrected chi connectivity index (χ1v) is 10.3. The number of fused-ring (bicyclic) bond motifs is 1. The summed E-state index contributed by atoms with van der Waals surface area (Å²) in [6, 6.07) is 8.65. The average Bonchev–Trinajstić information content (AvgIpc) is 3.17. The van der Waals surface area contributed by atoms with Gasteiger partial charge in [-0.3, -0.25) is 9.59 Å². The van der Waals surface area contributed by atoms with Crippen LogP contribution < -0.4 is 11.1 Å². The van der Waals surface area contributed by atoms with Crippen molar-refractivity contribution >= 4 is 40.1 Å². The predicted octanol–water partition coefficient (Wildman–Crippen LogP) is 2.80. The first-order valence-electron chi connectivity index (χ1n) is 9.96. The number of carbonyl (C=O) groups is 2. The molecule has 2 amide bonds. The van der Waals surface area contributed by atoms with Gasteiger partial charge in [0.05, 0.1) is 23.5 Å². The monoisotopic (exact) mass is 459 g/mol. The number of anilines is 1. The number of nitrogens with one attached hydrogen (secondary N) is 1. The molecule has 1 saturated heterocycles. The van der Waals surface area contributed by atoms with Crippen molar-refractivity contribution < 1.29 is 18.4 Å². The molecule has 2 heterocycles. The molecular formula is C22H20ClF2N5O2. The minimum atomic E-state index is -1.32.